The molecule has 2 aromatic heterocycles. The summed E-state index contributed by atoms with van der Waals surface area (Å²) in [5.41, 5.74) is 2.05. The first-order valence-electron chi connectivity index (χ1n) is 8.28. The van der Waals surface area contributed by atoms with Crippen LogP contribution in [-0.4, -0.2) is 29.8 Å². The maximum atomic E-state index is 13.0. The molecule has 3 aromatic rings. The zero-order valence-electron chi connectivity index (χ0n) is 14.4. The molecule has 0 aliphatic carbocycles. The van der Waals surface area contributed by atoms with Crippen LogP contribution in [0, 0.1) is 0 Å². The van der Waals surface area contributed by atoms with Gasteiger partial charge in [-0.25, -0.2) is 0 Å². The fourth-order valence-electron chi connectivity index (χ4n) is 2.69. The predicted octanol–water partition coefficient (Wildman–Crippen LogP) is 3.34. The Hall–Kier alpha value is -2.86. The SMILES string of the molecule is CN(Cc1ccsc1)C(=O)[C@@H](Cc1ccccc1)NC(=O)c1ccco1. The van der Waals surface area contributed by atoms with Crippen molar-refractivity contribution in [2.75, 3.05) is 7.05 Å². The van der Waals surface area contributed by atoms with Gasteiger partial charge in [0, 0.05) is 20.0 Å². The number of carbonyl (C=O) groups excluding carboxylic acids is 2. The Kier molecular flexibility index (Phi) is 5.86. The number of nitrogens with zero attached hydrogens (tertiary/aromatic N) is 1. The lowest BCUT2D eigenvalue weighted by Crippen LogP contribution is -2.48. The van der Waals surface area contributed by atoms with Gasteiger partial charge in [0.15, 0.2) is 5.76 Å². The molecule has 5 nitrogen and oxygen atoms in total. The second-order valence-electron chi connectivity index (χ2n) is 6.02. The second kappa shape index (κ2) is 8.49. The second-order valence-corrected chi connectivity index (χ2v) is 6.80. The Morgan fingerprint density at radius 2 is 1.92 bits per heavy atom. The van der Waals surface area contributed by atoms with E-state index in [2.05, 4.69) is 5.32 Å². The van der Waals surface area contributed by atoms with Gasteiger partial charge in [-0.2, -0.15) is 11.3 Å². The number of furan rings is 1. The van der Waals surface area contributed by atoms with E-state index >= 15 is 0 Å². The van der Waals surface area contributed by atoms with Gasteiger partial charge in [0.1, 0.15) is 6.04 Å². The van der Waals surface area contributed by atoms with Crippen LogP contribution in [0.15, 0.2) is 70.0 Å². The summed E-state index contributed by atoms with van der Waals surface area (Å²) in [5.74, 6) is -0.343. The average Bonchev–Trinajstić information content (AvgIpc) is 3.35. The van der Waals surface area contributed by atoms with Gasteiger partial charge in [-0.05, 0) is 40.1 Å². The summed E-state index contributed by atoms with van der Waals surface area (Å²) in [5, 5.41) is 6.80. The Bertz CT molecular complexity index is 829. The van der Waals surface area contributed by atoms with E-state index in [0.29, 0.717) is 13.0 Å². The third-order valence-electron chi connectivity index (χ3n) is 4.01. The smallest absolute Gasteiger partial charge is 0.287 e. The van der Waals surface area contributed by atoms with Gasteiger partial charge in [0.25, 0.3) is 5.91 Å². The largest absolute Gasteiger partial charge is 0.459 e. The Morgan fingerprint density at radius 3 is 2.58 bits per heavy atom. The number of hydrogen-bond acceptors (Lipinski definition) is 4. The van der Waals surface area contributed by atoms with E-state index < -0.39 is 11.9 Å². The summed E-state index contributed by atoms with van der Waals surface area (Å²) in [7, 11) is 1.75. The molecule has 0 radical (unpaired) electrons. The first-order valence-corrected chi connectivity index (χ1v) is 9.22. The van der Waals surface area contributed by atoms with Crippen molar-refractivity contribution in [3.8, 4) is 0 Å². The van der Waals surface area contributed by atoms with Crippen molar-refractivity contribution >= 4 is 23.2 Å². The van der Waals surface area contributed by atoms with Gasteiger partial charge in [-0.3, -0.25) is 9.59 Å². The van der Waals surface area contributed by atoms with Gasteiger partial charge < -0.3 is 14.6 Å². The summed E-state index contributed by atoms with van der Waals surface area (Å²) in [4.78, 5) is 27.0. The molecule has 0 bridgehead atoms. The van der Waals surface area contributed by atoms with E-state index in [1.165, 1.54) is 6.26 Å². The topological polar surface area (TPSA) is 62.6 Å². The molecule has 0 unspecified atom stereocenters. The highest BCUT2D eigenvalue weighted by atomic mass is 32.1. The zero-order chi connectivity index (χ0) is 18.4. The summed E-state index contributed by atoms with van der Waals surface area (Å²) < 4.78 is 5.14. The molecule has 2 amide bonds. The van der Waals surface area contributed by atoms with Crippen LogP contribution in [0.5, 0.6) is 0 Å². The van der Waals surface area contributed by atoms with E-state index in [0.717, 1.165) is 11.1 Å². The van der Waals surface area contributed by atoms with Crippen molar-refractivity contribution in [2.24, 2.45) is 0 Å². The number of carbonyl (C=O) groups is 2. The van der Waals surface area contributed by atoms with Gasteiger partial charge >= 0.3 is 0 Å². The van der Waals surface area contributed by atoms with Crippen LogP contribution in [0.2, 0.25) is 0 Å². The fraction of sp³-hybridized carbons (Fsp3) is 0.200. The standard InChI is InChI=1S/C20H20N2O3S/c1-22(13-16-9-11-26-14-16)20(24)17(12-15-6-3-2-4-7-15)21-19(23)18-8-5-10-25-18/h2-11,14,17H,12-13H2,1H3,(H,21,23)/t17-/m1/s1. The van der Waals surface area contributed by atoms with Gasteiger partial charge in [-0.1, -0.05) is 30.3 Å². The molecular weight excluding hydrogens is 348 g/mol. The van der Waals surface area contributed by atoms with Crippen LogP contribution < -0.4 is 5.32 Å². The maximum Gasteiger partial charge on any atom is 0.287 e. The zero-order valence-corrected chi connectivity index (χ0v) is 15.2. The van der Waals surface area contributed by atoms with E-state index in [9.17, 15) is 9.59 Å². The molecule has 1 N–H and O–H groups in total. The van der Waals surface area contributed by atoms with E-state index in [1.54, 1.807) is 35.4 Å². The monoisotopic (exact) mass is 368 g/mol. The summed E-state index contributed by atoms with van der Waals surface area (Å²) >= 11 is 1.59. The van der Waals surface area contributed by atoms with Crippen LogP contribution in [0.1, 0.15) is 21.7 Å². The van der Waals surface area contributed by atoms with Crippen LogP contribution in [0.4, 0.5) is 0 Å². The average molecular weight is 368 g/mol. The minimum atomic E-state index is -0.668. The molecule has 6 heteroatoms. The summed E-state index contributed by atoms with van der Waals surface area (Å²) in [6.45, 7) is 0.504. The Morgan fingerprint density at radius 1 is 1.12 bits per heavy atom. The highest BCUT2D eigenvalue weighted by Crippen LogP contribution is 2.12. The molecule has 0 aliphatic rings. The first kappa shape index (κ1) is 17.9. The van der Waals surface area contributed by atoms with Crippen molar-refractivity contribution in [3.63, 3.8) is 0 Å². The molecule has 0 aliphatic heterocycles. The van der Waals surface area contributed by atoms with E-state index in [1.807, 2.05) is 47.2 Å². The molecule has 134 valence electrons. The fourth-order valence-corrected chi connectivity index (χ4v) is 3.35. The minimum Gasteiger partial charge on any atom is -0.459 e. The van der Waals surface area contributed by atoms with Gasteiger partial charge in [-0.15, -0.1) is 0 Å². The number of rotatable bonds is 7. The minimum absolute atomic E-state index is 0.139. The molecule has 1 atom stereocenters. The van der Waals surface area contributed by atoms with Crippen LogP contribution >= 0.6 is 11.3 Å². The van der Waals surface area contributed by atoms with Gasteiger partial charge in [0.05, 0.1) is 6.26 Å². The molecular formula is C20H20N2O3S. The van der Waals surface area contributed by atoms with Crippen molar-refractivity contribution in [1.82, 2.24) is 10.2 Å². The third-order valence-corrected chi connectivity index (χ3v) is 4.74. The van der Waals surface area contributed by atoms with Crippen LogP contribution in [-0.2, 0) is 17.8 Å². The molecule has 0 saturated carbocycles. The Labute approximate surface area is 156 Å². The number of hydrogen-bond donors (Lipinski definition) is 1. The lowest BCUT2D eigenvalue weighted by molar-refractivity contribution is -0.132. The highest BCUT2D eigenvalue weighted by Gasteiger charge is 2.25. The van der Waals surface area contributed by atoms with Gasteiger partial charge in [0.2, 0.25) is 5.91 Å². The van der Waals surface area contributed by atoms with E-state index in [-0.39, 0.29) is 11.7 Å². The van der Waals surface area contributed by atoms with Crippen molar-refractivity contribution in [2.45, 2.75) is 19.0 Å². The number of nitrogens with one attached hydrogen (secondary N) is 1. The van der Waals surface area contributed by atoms with Crippen molar-refractivity contribution < 1.29 is 14.0 Å². The third kappa shape index (κ3) is 4.61. The molecule has 0 spiro atoms. The molecule has 3 rings (SSSR count). The highest BCUT2D eigenvalue weighted by molar-refractivity contribution is 7.07. The molecule has 0 fully saturated rings. The number of amides is 2. The number of thiophene rings is 1. The lowest BCUT2D eigenvalue weighted by Gasteiger charge is -2.24. The van der Waals surface area contributed by atoms with Crippen LogP contribution in [0.25, 0.3) is 0 Å². The van der Waals surface area contributed by atoms with E-state index in [4.69, 9.17) is 4.42 Å². The summed E-state index contributed by atoms with van der Waals surface area (Å²) in [6, 6.07) is 14.2. The number of likely N-dealkylation sites (N-methyl/N-ethyl adjacent to an activating group) is 1. The molecule has 2 heterocycles. The molecule has 0 saturated heterocycles. The maximum absolute atomic E-state index is 13.0. The quantitative estimate of drug-likeness (QED) is 0.696. The Balaban J connectivity index is 1.74. The van der Waals surface area contributed by atoms with Crippen molar-refractivity contribution in [1.29, 1.82) is 0 Å². The lowest BCUT2D eigenvalue weighted by atomic mass is 10.0. The molecule has 1 aromatic carbocycles. The normalized spacial score (nSPS) is 11.7. The predicted molar refractivity (Wildman–Crippen MR) is 101 cm³/mol. The summed E-state index contributed by atoms with van der Waals surface area (Å²) in [6.07, 6.45) is 1.85. The molecule has 26 heavy (non-hydrogen) atoms. The van der Waals surface area contributed by atoms with Crippen LogP contribution in [0.3, 0.4) is 0 Å². The number of benzene rings is 1. The van der Waals surface area contributed by atoms with Crippen molar-refractivity contribution in [3.05, 3.63) is 82.4 Å². The first-order chi connectivity index (χ1) is 12.6.